The zero-order chi connectivity index (χ0) is 13.1. The van der Waals surface area contributed by atoms with Crippen molar-refractivity contribution in [1.82, 2.24) is 0 Å². The SMILES string of the molecule is C[Si](C)c1cccc(C(=O)O)c1-c1ccccc1. The standard InChI is InChI=1S/C15H15O2Si/c1-18(2)13-10-6-9-12(15(16)17)14(13)11-7-4-3-5-8-11/h3-10H,1-2H3,(H,16,17). The summed E-state index contributed by atoms with van der Waals surface area (Å²) in [5.41, 5.74) is 2.26. The molecule has 0 aliphatic rings. The van der Waals surface area contributed by atoms with E-state index in [0.29, 0.717) is 5.56 Å². The minimum absolute atomic E-state index is 0.393. The maximum atomic E-state index is 11.4. The van der Waals surface area contributed by atoms with Crippen LogP contribution in [0.3, 0.4) is 0 Å². The van der Waals surface area contributed by atoms with E-state index in [4.69, 9.17) is 0 Å². The smallest absolute Gasteiger partial charge is 0.336 e. The van der Waals surface area contributed by atoms with Crippen molar-refractivity contribution in [3.05, 3.63) is 54.1 Å². The van der Waals surface area contributed by atoms with Gasteiger partial charge in [0, 0.05) is 0 Å². The Morgan fingerprint density at radius 3 is 2.22 bits per heavy atom. The summed E-state index contributed by atoms with van der Waals surface area (Å²) in [5.74, 6) is -0.862. The topological polar surface area (TPSA) is 37.3 Å². The number of carbonyl (C=O) groups is 1. The molecule has 0 heterocycles. The van der Waals surface area contributed by atoms with E-state index in [1.54, 1.807) is 6.07 Å². The molecule has 2 aromatic rings. The third kappa shape index (κ3) is 2.36. The van der Waals surface area contributed by atoms with Crippen LogP contribution in [0.5, 0.6) is 0 Å². The van der Waals surface area contributed by atoms with Gasteiger partial charge in [0.05, 0.1) is 14.4 Å². The molecule has 1 radical (unpaired) electrons. The lowest BCUT2D eigenvalue weighted by Gasteiger charge is -2.14. The van der Waals surface area contributed by atoms with Crippen LogP contribution in [0, 0.1) is 0 Å². The predicted molar refractivity (Wildman–Crippen MR) is 76.0 cm³/mol. The highest BCUT2D eigenvalue weighted by Gasteiger charge is 2.17. The Hall–Kier alpha value is -1.87. The number of aromatic carboxylic acids is 1. The highest BCUT2D eigenvalue weighted by Crippen LogP contribution is 2.22. The zero-order valence-corrected chi connectivity index (χ0v) is 11.5. The summed E-state index contributed by atoms with van der Waals surface area (Å²) in [5, 5.41) is 10.5. The molecular formula is C15H15O2Si. The summed E-state index contributed by atoms with van der Waals surface area (Å²) in [6.45, 7) is 4.36. The highest BCUT2D eigenvalue weighted by molar-refractivity contribution is 6.72. The first-order valence-electron chi connectivity index (χ1n) is 5.83. The van der Waals surface area contributed by atoms with Crippen LogP contribution in [0.4, 0.5) is 0 Å². The van der Waals surface area contributed by atoms with Crippen LogP contribution in [0.1, 0.15) is 10.4 Å². The number of hydrogen-bond donors (Lipinski definition) is 1. The number of hydrogen-bond acceptors (Lipinski definition) is 1. The van der Waals surface area contributed by atoms with Crippen LogP contribution in [0.15, 0.2) is 48.5 Å². The molecule has 18 heavy (non-hydrogen) atoms. The van der Waals surface area contributed by atoms with Gasteiger partial charge in [0.25, 0.3) is 0 Å². The zero-order valence-electron chi connectivity index (χ0n) is 10.5. The molecule has 91 valence electrons. The minimum atomic E-state index is -0.862. The van der Waals surface area contributed by atoms with Crippen LogP contribution >= 0.6 is 0 Å². The average Bonchev–Trinajstić information content (AvgIpc) is 2.38. The molecular weight excluding hydrogens is 240 g/mol. The van der Waals surface area contributed by atoms with Crippen molar-refractivity contribution < 1.29 is 9.90 Å². The largest absolute Gasteiger partial charge is 0.478 e. The fraction of sp³-hybridized carbons (Fsp3) is 0.133. The molecule has 2 nitrogen and oxygen atoms in total. The normalized spacial score (nSPS) is 10.6. The lowest BCUT2D eigenvalue weighted by atomic mass is 10.00. The van der Waals surface area contributed by atoms with Crippen molar-refractivity contribution in [1.29, 1.82) is 0 Å². The second kappa shape index (κ2) is 5.19. The second-order valence-electron chi connectivity index (χ2n) is 4.40. The Morgan fingerprint density at radius 2 is 1.67 bits per heavy atom. The van der Waals surface area contributed by atoms with E-state index < -0.39 is 14.8 Å². The van der Waals surface area contributed by atoms with Gasteiger partial charge < -0.3 is 5.11 Å². The Kier molecular flexibility index (Phi) is 3.62. The summed E-state index contributed by atoms with van der Waals surface area (Å²) in [7, 11) is -0.707. The summed E-state index contributed by atoms with van der Waals surface area (Å²) >= 11 is 0. The molecule has 3 heteroatoms. The number of carboxylic acid groups (broad SMARTS) is 1. The number of carboxylic acids is 1. The van der Waals surface area contributed by atoms with Gasteiger partial charge in [0.1, 0.15) is 0 Å². The molecule has 0 atom stereocenters. The van der Waals surface area contributed by atoms with E-state index in [1.165, 1.54) is 5.19 Å². The monoisotopic (exact) mass is 255 g/mol. The number of benzene rings is 2. The third-order valence-electron chi connectivity index (χ3n) is 2.90. The second-order valence-corrected chi connectivity index (χ2v) is 6.94. The summed E-state index contributed by atoms with van der Waals surface area (Å²) < 4.78 is 0. The maximum Gasteiger partial charge on any atom is 0.336 e. The summed E-state index contributed by atoms with van der Waals surface area (Å²) in [6, 6.07) is 15.3. The summed E-state index contributed by atoms with van der Waals surface area (Å²) in [6.07, 6.45) is 0. The molecule has 0 aliphatic carbocycles. The first-order chi connectivity index (χ1) is 8.61. The van der Waals surface area contributed by atoms with Crippen LogP contribution in [-0.2, 0) is 0 Å². The van der Waals surface area contributed by atoms with Crippen molar-refractivity contribution in [3.8, 4) is 11.1 Å². The van der Waals surface area contributed by atoms with Crippen molar-refractivity contribution in [2.75, 3.05) is 0 Å². The quantitative estimate of drug-likeness (QED) is 0.856. The fourth-order valence-corrected chi connectivity index (χ4v) is 3.27. The molecule has 0 saturated heterocycles. The van der Waals surface area contributed by atoms with Crippen molar-refractivity contribution >= 4 is 20.0 Å². The maximum absolute atomic E-state index is 11.4. The van der Waals surface area contributed by atoms with Gasteiger partial charge in [-0.1, -0.05) is 60.7 Å². The molecule has 0 unspecified atom stereocenters. The predicted octanol–water partition coefficient (Wildman–Crippen LogP) is 3.01. The lowest BCUT2D eigenvalue weighted by Crippen LogP contribution is -2.26. The van der Waals surface area contributed by atoms with Crippen LogP contribution in [0.25, 0.3) is 11.1 Å². The van der Waals surface area contributed by atoms with Gasteiger partial charge in [-0.15, -0.1) is 0 Å². The Labute approximate surface area is 109 Å². The number of rotatable bonds is 3. The van der Waals surface area contributed by atoms with Gasteiger partial charge >= 0.3 is 5.97 Å². The first kappa shape index (κ1) is 12.6. The van der Waals surface area contributed by atoms with Crippen molar-refractivity contribution in [2.24, 2.45) is 0 Å². The van der Waals surface area contributed by atoms with E-state index >= 15 is 0 Å². The fourth-order valence-electron chi connectivity index (χ4n) is 2.06. The molecule has 0 fully saturated rings. The molecule has 0 saturated carbocycles. The molecule has 0 spiro atoms. The average molecular weight is 255 g/mol. The van der Waals surface area contributed by atoms with E-state index in [-0.39, 0.29) is 0 Å². The van der Waals surface area contributed by atoms with E-state index in [1.807, 2.05) is 42.5 Å². The molecule has 0 aliphatic heterocycles. The molecule has 2 aromatic carbocycles. The van der Waals surface area contributed by atoms with Gasteiger partial charge in [-0.05, 0) is 17.2 Å². The van der Waals surface area contributed by atoms with Crippen molar-refractivity contribution in [3.63, 3.8) is 0 Å². The first-order valence-corrected chi connectivity index (χ1v) is 8.33. The van der Waals surface area contributed by atoms with Gasteiger partial charge in [0.2, 0.25) is 0 Å². The Balaban J connectivity index is 2.73. The van der Waals surface area contributed by atoms with Crippen molar-refractivity contribution in [2.45, 2.75) is 13.1 Å². The van der Waals surface area contributed by atoms with E-state index in [2.05, 4.69) is 13.1 Å². The van der Waals surface area contributed by atoms with E-state index in [0.717, 1.165) is 11.1 Å². The van der Waals surface area contributed by atoms with Gasteiger partial charge in [-0.2, -0.15) is 0 Å². The van der Waals surface area contributed by atoms with Crippen LogP contribution in [0.2, 0.25) is 13.1 Å². The van der Waals surface area contributed by atoms with Gasteiger partial charge in [-0.25, -0.2) is 4.79 Å². The molecule has 0 amide bonds. The van der Waals surface area contributed by atoms with Gasteiger partial charge in [0.15, 0.2) is 0 Å². The van der Waals surface area contributed by atoms with Crippen LogP contribution in [-0.4, -0.2) is 19.9 Å². The van der Waals surface area contributed by atoms with Crippen LogP contribution < -0.4 is 5.19 Å². The molecule has 0 bridgehead atoms. The lowest BCUT2D eigenvalue weighted by molar-refractivity contribution is 0.0698. The third-order valence-corrected chi connectivity index (χ3v) is 4.39. The van der Waals surface area contributed by atoms with E-state index in [9.17, 15) is 9.90 Å². The minimum Gasteiger partial charge on any atom is -0.478 e. The molecule has 1 N–H and O–H groups in total. The Morgan fingerprint density at radius 1 is 1.00 bits per heavy atom. The molecule has 0 aromatic heterocycles. The Bertz CT molecular complexity index is 562. The van der Waals surface area contributed by atoms with Gasteiger partial charge in [-0.3, -0.25) is 0 Å². The molecule has 2 rings (SSSR count). The highest BCUT2D eigenvalue weighted by atomic mass is 28.3. The summed E-state index contributed by atoms with van der Waals surface area (Å²) in [4.78, 5) is 11.4.